The molecule has 1 amide bonds. The van der Waals surface area contributed by atoms with Crippen molar-refractivity contribution < 1.29 is 29.6 Å². The standard InChI is InChI=1S/C22H21Cl2N3O7/c1-9(29)25-17-19(31)18(30)16(8-28)34-22(17)33-15-5-3-11(24)7-13(15)20-26-14-4-2-10(23)6-12(14)21(32)27-20/h2-7,16-19,22,28,30-31H,8H2,1H3,(H,25,29)(H,26,27,32)/t16-,17-,18-,19-,22-/m1/s1. The van der Waals surface area contributed by atoms with Crippen molar-refractivity contribution in [1.82, 2.24) is 15.3 Å². The van der Waals surface area contributed by atoms with E-state index in [1.54, 1.807) is 12.1 Å². The number of ether oxygens (including phenoxy) is 2. The fourth-order valence-corrected chi connectivity index (χ4v) is 4.07. The number of nitrogens with zero attached hydrogens (tertiary/aromatic N) is 1. The number of halogens is 2. The fraction of sp³-hybridized carbons (Fsp3) is 0.318. The smallest absolute Gasteiger partial charge is 0.259 e. The Balaban J connectivity index is 1.76. The van der Waals surface area contributed by atoms with Crippen molar-refractivity contribution in [3.8, 4) is 17.1 Å². The number of amides is 1. The van der Waals surface area contributed by atoms with Gasteiger partial charge in [0.05, 0.1) is 23.1 Å². The Kier molecular flexibility index (Phi) is 7.08. The number of hydrogen-bond donors (Lipinski definition) is 5. The van der Waals surface area contributed by atoms with Crippen LogP contribution in [0.25, 0.3) is 22.3 Å². The third kappa shape index (κ3) is 4.88. The van der Waals surface area contributed by atoms with Gasteiger partial charge in [-0.15, -0.1) is 0 Å². The first-order valence-electron chi connectivity index (χ1n) is 10.2. The van der Waals surface area contributed by atoms with Crippen LogP contribution in [-0.2, 0) is 9.53 Å². The van der Waals surface area contributed by atoms with Crippen molar-refractivity contribution in [3.05, 3.63) is 56.8 Å². The highest BCUT2D eigenvalue weighted by Gasteiger charge is 2.46. The molecule has 12 heteroatoms. The third-order valence-corrected chi connectivity index (χ3v) is 5.83. The highest BCUT2D eigenvalue weighted by atomic mass is 35.5. The van der Waals surface area contributed by atoms with Gasteiger partial charge < -0.3 is 35.1 Å². The molecule has 1 aliphatic heterocycles. The number of nitrogens with one attached hydrogen (secondary N) is 2. The summed E-state index contributed by atoms with van der Waals surface area (Å²) in [6.45, 7) is 0.637. The monoisotopic (exact) mass is 509 g/mol. The maximum absolute atomic E-state index is 12.7. The predicted octanol–water partition coefficient (Wildman–Crippen LogP) is 1.22. The fourth-order valence-electron chi connectivity index (χ4n) is 3.72. The highest BCUT2D eigenvalue weighted by molar-refractivity contribution is 6.31. The van der Waals surface area contributed by atoms with E-state index in [9.17, 15) is 24.9 Å². The molecule has 5 N–H and O–H groups in total. The lowest BCUT2D eigenvalue weighted by atomic mass is 9.97. The average Bonchev–Trinajstić information content (AvgIpc) is 2.79. The zero-order valence-electron chi connectivity index (χ0n) is 17.7. The maximum atomic E-state index is 12.7. The molecule has 5 atom stereocenters. The van der Waals surface area contributed by atoms with Gasteiger partial charge in [0.1, 0.15) is 35.9 Å². The number of aliphatic hydroxyl groups excluding tert-OH is 3. The minimum atomic E-state index is -1.49. The average molecular weight is 510 g/mol. The number of rotatable bonds is 5. The van der Waals surface area contributed by atoms with Gasteiger partial charge in [0.2, 0.25) is 12.2 Å². The molecule has 0 unspecified atom stereocenters. The van der Waals surface area contributed by atoms with Gasteiger partial charge in [0.15, 0.2) is 0 Å². The van der Waals surface area contributed by atoms with Crippen LogP contribution < -0.4 is 15.6 Å². The SMILES string of the molecule is CC(=O)N[C@H]1[C@H](Oc2ccc(Cl)cc2-c2nc3ccc(Cl)cc3c(=O)[nH]2)O[C@H](CO)[C@@H](O)[C@@H]1O. The van der Waals surface area contributed by atoms with Gasteiger partial charge in [-0.25, -0.2) is 4.98 Å². The van der Waals surface area contributed by atoms with E-state index in [2.05, 4.69) is 15.3 Å². The molecule has 0 spiro atoms. The first-order valence-corrected chi connectivity index (χ1v) is 11.0. The van der Waals surface area contributed by atoms with Crippen molar-refractivity contribution in [2.45, 2.75) is 37.6 Å². The van der Waals surface area contributed by atoms with E-state index in [0.29, 0.717) is 26.5 Å². The molecule has 1 aromatic heterocycles. The minimum absolute atomic E-state index is 0.142. The molecule has 0 radical (unpaired) electrons. The summed E-state index contributed by atoms with van der Waals surface area (Å²) in [6.07, 6.45) is -5.41. The van der Waals surface area contributed by atoms with Crippen LogP contribution in [0.1, 0.15) is 6.92 Å². The van der Waals surface area contributed by atoms with Crippen LogP contribution in [0.4, 0.5) is 0 Å². The molecule has 0 aliphatic carbocycles. The summed E-state index contributed by atoms with van der Waals surface area (Å²) in [7, 11) is 0. The van der Waals surface area contributed by atoms with E-state index in [1.807, 2.05) is 0 Å². The zero-order valence-corrected chi connectivity index (χ0v) is 19.2. The van der Waals surface area contributed by atoms with E-state index in [0.717, 1.165) is 0 Å². The quantitative estimate of drug-likeness (QED) is 0.344. The molecule has 1 aliphatic rings. The lowest BCUT2D eigenvalue weighted by Crippen LogP contribution is -2.65. The van der Waals surface area contributed by atoms with Crippen LogP contribution in [0.15, 0.2) is 41.2 Å². The lowest BCUT2D eigenvalue weighted by Gasteiger charge is -2.42. The van der Waals surface area contributed by atoms with Gasteiger partial charge in [0.25, 0.3) is 5.56 Å². The van der Waals surface area contributed by atoms with Gasteiger partial charge in [0, 0.05) is 17.0 Å². The first kappa shape index (κ1) is 24.4. The van der Waals surface area contributed by atoms with Crippen molar-refractivity contribution in [2.75, 3.05) is 6.61 Å². The van der Waals surface area contributed by atoms with E-state index in [-0.39, 0.29) is 11.6 Å². The summed E-state index contributed by atoms with van der Waals surface area (Å²) in [5, 5.41) is 33.8. The molecule has 0 saturated carbocycles. The number of aromatic amines is 1. The Labute approximate surface area is 203 Å². The van der Waals surface area contributed by atoms with Crippen LogP contribution >= 0.6 is 23.2 Å². The van der Waals surface area contributed by atoms with E-state index >= 15 is 0 Å². The van der Waals surface area contributed by atoms with E-state index < -0.39 is 48.7 Å². The summed E-state index contributed by atoms with van der Waals surface area (Å²) >= 11 is 12.2. The van der Waals surface area contributed by atoms with Crippen molar-refractivity contribution in [3.63, 3.8) is 0 Å². The van der Waals surface area contributed by atoms with Crippen molar-refractivity contribution >= 4 is 40.0 Å². The Morgan fingerprint density at radius 1 is 1.18 bits per heavy atom. The molecule has 34 heavy (non-hydrogen) atoms. The van der Waals surface area contributed by atoms with Gasteiger partial charge >= 0.3 is 0 Å². The second-order valence-corrected chi connectivity index (χ2v) is 8.64. The maximum Gasteiger partial charge on any atom is 0.259 e. The summed E-state index contributed by atoms with van der Waals surface area (Å²) in [4.78, 5) is 31.5. The molecule has 10 nitrogen and oxygen atoms in total. The molecular weight excluding hydrogens is 489 g/mol. The van der Waals surface area contributed by atoms with Gasteiger partial charge in [-0.3, -0.25) is 9.59 Å². The molecule has 4 rings (SSSR count). The number of benzene rings is 2. The van der Waals surface area contributed by atoms with Gasteiger partial charge in [-0.2, -0.15) is 0 Å². The second kappa shape index (κ2) is 9.87. The molecule has 3 aromatic rings. The largest absolute Gasteiger partial charge is 0.462 e. The number of aromatic nitrogens is 2. The Hall–Kier alpha value is -2.73. The topological polar surface area (TPSA) is 154 Å². The second-order valence-electron chi connectivity index (χ2n) is 7.77. The summed E-state index contributed by atoms with van der Waals surface area (Å²) in [6, 6.07) is 8.09. The number of aliphatic hydroxyl groups is 3. The Morgan fingerprint density at radius 3 is 2.59 bits per heavy atom. The minimum Gasteiger partial charge on any atom is -0.462 e. The normalized spacial score (nSPS) is 24.7. The molecular formula is C22H21Cl2N3O7. The van der Waals surface area contributed by atoms with Gasteiger partial charge in [-0.1, -0.05) is 23.2 Å². The molecule has 2 aromatic carbocycles. The van der Waals surface area contributed by atoms with Crippen molar-refractivity contribution in [1.29, 1.82) is 0 Å². The predicted molar refractivity (Wildman–Crippen MR) is 124 cm³/mol. The van der Waals surface area contributed by atoms with Crippen molar-refractivity contribution in [2.24, 2.45) is 0 Å². The molecule has 1 saturated heterocycles. The molecule has 0 bridgehead atoms. The van der Waals surface area contributed by atoms with Crippen LogP contribution in [0.3, 0.4) is 0 Å². The van der Waals surface area contributed by atoms with E-state index in [4.69, 9.17) is 32.7 Å². The first-order chi connectivity index (χ1) is 16.2. The third-order valence-electron chi connectivity index (χ3n) is 5.36. The number of H-pyrrole nitrogens is 1. The Bertz CT molecular complexity index is 1290. The van der Waals surface area contributed by atoms with Crippen LogP contribution in [-0.4, -0.2) is 68.4 Å². The summed E-state index contributed by atoms with van der Waals surface area (Å²) < 4.78 is 11.6. The molecule has 1 fully saturated rings. The van der Waals surface area contributed by atoms with Crippen LogP contribution in [0, 0.1) is 0 Å². The molecule has 180 valence electrons. The number of hydrogen-bond acceptors (Lipinski definition) is 8. The number of carbonyl (C=O) groups excluding carboxylic acids is 1. The Morgan fingerprint density at radius 2 is 1.88 bits per heavy atom. The lowest BCUT2D eigenvalue weighted by molar-refractivity contribution is -0.244. The van der Waals surface area contributed by atoms with Crippen LogP contribution in [0.2, 0.25) is 10.0 Å². The molecule has 2 heterocycles. The van der Waals surface area contributed by atoms with Gasteiger partial charge in [-0.05, 0) is 36.4 Å². The highest BCUT2D eigenvalue weighted by Crippen LogP contribution is 2.34. The van der Waals surface area contributed by atoms with E-state index in [1.165, 1.54) is 31.2 Å². The number of carbonyl (C=O) groups is 1. The summed E-state index contributed by atoms with van der Waals surface area (Å²) in [5.74, 6) is -0.198. The van der Waals surface area contributed by atoms with Crippen LogP contribution in [0.5, 0.6) is 5.75 Å². The summed E-state index contributed by atoms with van der Waals surface area (Å²) in [5.41, 5.74) is 0.253. The zero-order chi connectivity index (χ0) is 24.6. The number of fused-ring (bicyclic) bond motifs is 1.